The maximum absolute atomic E-state index is 12.3. The minimum absolute atomic E-state index is 0.0424. The highest BCUT2D eigenvalue weighted by atomic mass is 32.2. The number of hydrogen-bond donors (Lipinski definition) is 3. The van der Waals surface area contributed by atoms with Crippen molar-refractivity contribution in [2.45, 2.75) is 25.7 Å². The van der Waals surface area contributed by atoms with Gasteiger partial charge in [-0.15, -0.1) is 0 Å². The molecule has 7 heteroatoms. The molecule has 0 fully saturated rings. The summed E-state index contributed by atoms with van der Waals surface area (Å²) >= 11 is 0. The molecule has 2 rings (SSSR count). The predicted octanol–water partition coefficient (Wildman–Crippen LogP) is 1.84. The van der Waals surface area contributed by atoms with Crippen LogP contribution in [0.3, 0.4) is 0 Å². The van der Waals surface area contributed by atoms with Crippen molar-refractivity contribution in [1.29, 1.82) is 0 Å². The number of hydrogen-bond acceptors (Lipinski definition) is 4. The summed E-state index contributed by atoms with van der Waals surface area (Å²) in [6.45, 7) is 4.90. The molecule has 2 aromatic rings. The van der Waals surface area contributed by atoms with E-state index in [1.54, 1.807) is 32.9 Å². The maximum atomic E-state index is 12.3. The summed E-state index contributed by atoms with van der Waals surface area (Å²) in [5, 5.41) is 16.1. The molecular formula is C12H15N3O3S. The zero-order chi connectivity index (χ0) is 14.2. The van der Waals surface area contributed by atoms with E-state index in [9.17, 15) is 13.5 Å². The van der Waals surface area contributed by atoms with Gasteiger partial charge in [-0.3, -0.25) is 9.82 Å². The molecule has 6 nitrogen and oxygen atoms in total. The van der Waals surface area contributed by atoms with Crippen molar-refractivity contribution in [3.05, 3.63) is 35.2 Å². The number of aromatic hydroxyl groups is 1. The van der Waals surface area contributed by atoms with Crippen molar-refractivity contribution < 1.29 is 13.5 Å². The number of aryl methyl sites for hydroxylation is 2. The number of phenolic OH excluding ortho intramolecular Hbond substituents is 1. The summed E-state index contributed by atoms with van der Waals surface area (Å²) < 4.78 is 27.1. The topological polar surface area (TPSA) is 95.1 Å². The molecule has 0 saturated carbocycles. The van der Waals surface area contributed by atoms with Crippen molar-refractivity contribution in [2.75, 3.05) is 4.72 Å². The Labute approximate surface area is 111 Å². The lowest BCUT2D eigenvalue weighted by Gasteiger charge is -2.11. The van der Waals surface area contributed by atoms with Crippen LogP contribution in [0.1, 0.15) is 17.0 Å². The Kier molecular flexibility index (Phi) is 3.23. The van der Waals surface area contributed by atoms with Gasteiger partial charge in [0.2, 0.25) is 0 Å². The van der Waals surface area contributed by atoms with Gasteiger partial charge in [0, 0.05) is 5.56 Å². The molecule has 102 valence electrons. The average Bonchev–Trinajstić information content (AvgIpc) is 2.65. The molecule has 0 amide bonds. The third kappa shape index (κ3) is 2.41. The molecule has 0 atom stereocenters. The Morgan fingerprint density at radius 3 is 2.53 bits per heavy atom. The van der Waals surface area contributed by atoms with Crippen molar-refractivity contribution in [3.8, 4) is 5.75 Å². The zero-order valence-electron chi connectivity index (χ0n) is 10.9. The fraction of sp³-hybridized carbons (Fsp3) is 0.250. The van der Waals surface area contributed by atoms with E-state index in [4.69, 9.17) is 0 Å². The summed E-state index contributed by atoms with van der Waals surface area (Å²) in [6.07, 6.45) is 0. The molecule has 1 aromatic carbocycles. The van der Waals surface area contributed by atoms with Gasteiger partial charge in [-0.05, 0) is 32.9 Å². The Morgan fingerprint density at radius 1 is 1.26 bits per heavy atom. The van der Waals surface area contributed by atoms with E-state index in [-0.39, 0.29) is 10.6 Å². The molecule has 19 heavy (non-hydrogen) atoms. The fourth-order valence-corrected chi connectivity index (χ4v) is 3.36. The van der Waals surface area contributed by atoms with Gasteiger partial charge >= 0.3 is 0 Å². The van der Waals surface area contributed by atoms with Gasteiger partial charge < -0.3 is 5.11 Å². The lowest BCUT2D eigenvalue weighted by Crippen LogP contribution is -2.15. The van der Waals surface area contributed by atoms with Crippen molar-refractivity contribution >= 4 is 15.7 Å². The standard InChI is InChI=1S/C12H15N3O3S/c1-7-10(5-4-6-11(7)16)15-19(17,18)12-8(2)13-14-9(12)3/h4-6,15-16H,1-3H3,(H,13,14). The monoisotopic (exact) mass is 281 g/mol. The normalized spacial score (nSPS) is 11.5. The number of aromatic nitrogens is 2. The van der Waals surface area contributed by atoms with Gasteiger partial charge in [0.25, 0.3) is 10.0 Å². The van der Waals surface area contributed by atoms with Crippen LogP contribution in [0.5, 0.6) is 5.75 Å². The van der Waals surface area contributed by atoms with Crippen molar-refractivity contribution in [3.63, 3.8) is 0 Å². The number of sulfonamides is 1. The van der Waals surface area contributed by atoms with Gasteiger partial charge in [-0.2, -0.15) is 5.10 Å². The van der Waals surface area contributed by atoms with Crippen molar-refractivity contribution in [2.24, 2.45) is 0 Å². The van der Waals surface area contributed by atoms with Gasteiger partial charge in [-0.25, -0.2) is 8.42 Å². The van der Waals surface area contributed by atoms with Gasteiger partial charge in [-0.1, -0.05) is 6.07 Å². The molecular weight excluding hydrogens is 266 g/mol. The van der Waals surface area contributed by atoms with E-state index in [0.29, 0.717) is 22.6 Å². The van der Waals surface area contributed by atoms with E-state index in [1.807, 2.05) is 0 Å². The third-order valence-electron chi connectivity index (χ3n) is 2.88. The Balaban J connectivity index is 2.46. The van der Waals surface area contributed by atoms with Crippen LogP contribution >= 0.6 is 0 Å². The second-order valence-corrected chi connectivity index (χ2v) is 5.94. The highest BCUT2D eigenvalue weighted by molar-refractivity contribution is 7.92. The van der Waals surface area contributed by atoms with Crippen molar-refractivity contribution in [1.82, 2.24) is 10.2 Å². The smallest absolute Gasteiger partial charge is 0.265 e. The van der Waals surface area contributed by atoms with Gasteiger partial charge in [0.05, 0.1) is 17.1 Å². The SMILES string of the molecule is Cc1n[nH]c(C)c1S(=O)(=O)Nc1cccc(O)c1C. The highest BCUT2D eigenvalue weighted by Crippen LogP contribution is 2.27. The predicted molar refractivity (Wildman–Crippen MR) is 71.7 cm³/mol. The summed E-state index contributed by atoms with van der Waals surface area (Å²) in [7, 11) is -3.73. The minimum atomic E-state index is -3.73. The molecule has 0 aliphatic rings. The van der Waals surface area contributed by atoms with Crippen LogP contribution in [0.25, 0.3) is 0 Å². The first-order valence-corrected chi connectivity index (χ1v) is 7.14. The van der Waals surface area contributed by atoms with Crippen LogP contribution in [0.2, 0.25) is 0 Å². The van der Waals surface area contributed by atoms with Crippen LogP contribution < -0.4 is 4.72 Å². The number of nitrogens with zero attached hydrogens (tertiary/aromatic N) is 1. The second-order valence-electron chi connectivity index (χ2n) is 4.32. The molecule has 0 aliphatic heterocycles. The van der Waals surface area contributed by atoms with Gasteiger partial charge in [0.1, 0.15) is 10.6 Å². The number of benzene rings is 1. The van der Waals surface area contributed by atoms with Crippen LogP contribution in [0, 0.1) is 20.8 Å². The number of aromatic amines is 1. The molecule has 0 aliphatic carbocycles. The first kappa shape index (κ1) is 13.4. The van der Waals surface area contributed by atoms with Crippen LogP contribution in [0.15, 0.2) is 23.1 Å². The van der Waals surface area contributed by atoms with E-state index in [0.717, 1.165) is 0 Å². The first-order chi connectivity index (χ1) is 8.83. The fourth-order valence-electron chi connectivity index (χ4n) is 1.87. The lowest BCUT2D eigenvalue weighted by atomic mass is 10.2. The van der Waals surface area contributed by atoms with E-state index >= 15 is 0 Å². The largest absolute Gasteiger partial charge is 0.508 e. The molecule has 0 spiro atoms. The van der Waals surface area contributed by atoms with Gasteiger partial charge in [0.15, 0.2) is 0 Å². The number of anilines is 1. The Morgan fingerprint density at radius 2 is 1.95 bits per heavy atom. The molecule has 0 unspecified atom stereocenters. The number of phenols is 1. The summed E-state index contributed by atoms with van der Waals surface area (Å²) in [6, 6.07) is 4.67. The van der Waals surface area contributed by atoms with E-state index in [1.165, 1.54) is 6.07 Å². The Bertz CT molecular complexity index is 700. The van der Waals surface area contributed by atoms with E-state index in [2.05, 4.69) is 14.9 Å². The average molecular weight is 281 g/mol. The lowest BCUT2D eigenvalue weighted by molar-refractivity contribution is 0.471. The molecule has 0 radical (unpaired) electrons. The first-order valence-electron chi connectivity index (χ1n) is 5.66. The molecule has 0 bridgehead atoms. The third-order valence-corrected chi connectivity index (χ3v) is 4.51. The zero-order valence-corrected chi connectivity index (χ0v) is 11.7. The summed E-state index contributed by atoms with van der Waals surface area (Å²) in [5.74, 6) is 0.0424. The molecule has 3 N–H and O–H groups in total. The summed E-state index contributed by atoms with van der Waals surface area (Å²) in [4.78, 5) is 0.134. The number of H-pyrrole nitrogens is 1. The minimum Gasteiger partial charge on any atom is -0.508 e. The van der Waals surface area contributed by atoms with Crippen LogP contribution in [0.4, 0.5) is 5.69 Å². The molecule has 1 heterocycles. The Hall–Kier alpha value is -2.02. The second kappa shape index (κ2) is 4.58. The number of nitrogens with one attached hydrogen (secondary N) is 2. The van der Waals surface area contributed by atoms with Crippen LogP contribution in [-0.2, 0) is 10.0 Å². The maximum Gasteiger partial charge on any atom is 0.265 e. The highest BCUT2D eigenvalue weighted by Gasteiger charge is 2.23. The molecule has 1 aromatic heterocycles. The van der Waals surface area contributed by atoms with E-state index < -0.39 is 10.0 Å². The quantitative estimate of drug-likeness (QED) is 0.800. The summed E-state index contributed by atoms with van der Waals surface area (Å²) in [5.41, 5.74) is 1.70. The van der Waals surface area contributed by atoms with Crippen LogP contribution in [-0.4, -0.2) is 23.7 Å². The molecule has 0 saturated heterocycles. The number of rotatable bonds is 3.